The van der Waals surface area contributed by atoms with Crippen molar-refractivity contribution < 1.29 is 9.59 Å². The van der Waals surface area contributed by atoms with Crippen LogP contribution in [0.1, 0.15) is 13.8 Å². The van der Waals surface area contributed by atoms with Gasteiger partial charge in [-0.1, -0.05) is 0 Å². The third-order valence-corrected chi connectivity index (χ3v) is 0.845. The van der Waals surface area contributed by atoms with Gasteiger partial charge in [-0.15, -0.1) is 0 Å². The molecular formula is C5H9NaO2. The monoisotopic (exact) mass is 124 g/mol. The molecule has 0 bridgehead atoms. The van der Waals surface area contributed by atoms with Crippen LogP contribution >= 0.6 is 0 Å². The molecule has 0 fully saturated rings. The molecule has 0 spiro atoms. The maximum absolute atomic E-state index is 10.1. The maximum atomic E-state index is 10.1. The fraction of sp³-hybridized carbons (Fsp3) is 0.600. The third-order valence-electron chi connectivity index (χ3n) is 0.845. The summed E-state index contributed by atoms with van der Waals surface area (Å²) in [6, 6.07) is 0. The van der Waals surface area contributed by atoms with Crippen molar-refractivity contribution in [1.29, 1.82) is 0 Å². The van der Waals surface area contributed by atoms with Crippen LogP contribution in [0.25, 0.3) is 0 Å². The average Bonchev–Trinajstić information content (AvgIpc) is 1.65. The van der Waals surface area contributed by atoms with Gasteiger partial charge < -0.3 is 4.79 Å². The molecule has 0 rings (SSSR count). The molecule has 0 amide bonds. The van der Waals surface area contributed by atoms with Crippen LogP contribution in [0.4, 0.5) is 0 Å². The second-order valence-electron chi connectivity index (χ2n) is 1.54. The van der Waals surface area contributed by atoms with E-state index in [0.717, 1.165) is 0 Å². The van der Waals surface area contributed by atoms with Gasteiger partial charge in [0.25, 0.3) is 0 Å². The Labute approximate surface area is 70.9 Å². The molecule has 1 unspecified atom stereocenters. The molecule has 0 radical (unpaired) electrons. The number of ketones is 1. The van der Waals surface area contributed by atoms with Crippen LogP contribution in [0.3, 0.4) is 0 Å². The van der Waals surface area contributed by atoms with Crippen molar-refractivity contribution in [3.8, 4) is 0 Å². The second-order valence-corrected chi connectivity index (χ2v) is 1.54. The molecule has 3 heteroatoms. The van der Waals surface area contributed by atoms with Crippen molar-refractivity contribution in [2.45, 2.75) is 13.8 Å². The molecule has 0 heterocycles. The molecule has 0 aliphatic heterocycles. The van der Waals surface area contributed by atoms with E-state index in [0.29, 0.717) is 6.29 Å². The molecule has 1 atom stereocenters. The van der Waals surface area contributed by atoms with Gasteiger partial charge in [-0.2, -0.15) is 0 Å². The first-order valence-corrected chi connectivity index (χ1v) is 2.14. The van der Waals surface area contributed by atoms with Gasteiger partial charge >= 0.3 is 29.6 Å². The molecule has 0 aromatic heterocycles. The van der Waals surface area contributed by atoms with E-state index < -0.39 is 5.92 Å². The van der Waals surface area contributed by atoms with E-state index in [2.05, 4.69) is 0 Å². The zero-order valence-corrected chi connectivity index (χ0v) is 4.47. The molecule has 0 N–H and O–H groups in total. The number of hydrogen-bond acceptors (Lipinski definition) is 2. The zero-order chi connectivity index (χ0) is 5.86. The van der Waals surface area contributed by atoms with Gasteiger partial charge in [-0.25, -0.2) is 0 Å². The Morgan fingerprint density at radius 3 is 2.00 bits per heavy atom. The number of carbonyl (C=O) groups excluding carboxylic acids is 2. The summed E-state index contributed by atoms with van der Waals surface area (Å²) < 4.78 is 0. The molecule has 2 nitrogen and oxygen atoms in total. The Kier molecular flexibility index (Phi) is 7.65. The molecular weight excluding hydrogens is 115 g/mol. The zero-order valence-electron chi connectivity index (χ0n) is 4.47. The first-order chi connectivity index (χ1) is 3.18. The van der Waals surface area contributed by atoms with Crippen LogP contribution in [0.5, 0.6) is 0 Å². The summed E-state index contributed by atoms with van der Waals surface area (Å²) in [5.41, 5.74) is 0. The Balaban J connectivity index is 0. The SMILES string of the molecule is CC(=O)C(C)C=O.[NaH]. The van der Waals surface area contributed by atoms with Crippen molar-refractivity contribution in [3.05, 3.63) is 0 Å². The summed E-state index contributed by atoms with van der Waals surface area (Å²) in [6.45, 7) is 2.98. The summed E-state index contributed by atoms with van der Waals surface area (Å²) in [7, 11) is 0. The second kappa shape index (κ2) is 5.48. The third kappa shape index (κ3) is 4.50. The van der Waals surface area contributed by atoms with E-state index in [1.54, 1.807) is 6.92 Å². The normalized spacial score (nSPS) is 11.2. The Morgan fingerprint density at radius 1 is 1.62 bits per heavy atom. The van der Waals surface area contributed by atoms with Gasteiger partial charge in [0.05, 0.1) is 5.92 Å². The van der Waals surface area contributed by atoms with E-state index >= 15 is 0 Å². The molecule has 8 heavy (non-hydrogen) atoms. The number of rotatable bonds is 2. The fourth-order valence-corrected chi connectivity index (χ4v) is 0.0958. The number of carbonyl (C=O) groups is 2. The number of Topliss-reactive ketones (excluding diaryl/α,β-unsaturated/α-hetero) is 1. The van der Waals surface area contributed by atoms with Crippen LogP contribution < -0.4 is 0 Å². The summed E-state index contributed by atoms with van der Waals surface area (Å²) in [4.78, 5) is 19.9. The molecule has 42 valence electrons. The van der Waals surface area contributed by atoms with Gasteiger partial charge in [0.15, 0.2) is 0 Å². The van der Waals surface area contributed by atoms with Crippen LogP contribution in [0.2, 0.25) is 0 Å². The first kappa shape index (κ1) is 11.2. The van der Waals surface area contributed by atoms with Crippen molar-refractivity contribution in [1.82, 2.24) is 0 Å². The van der Waals surface area contributed by atoms with Gasteiger partial charge in [0.2, 0.25) is 0 Å². The minimum absolute atomic E-state index is 0. The van der Waals surface area contributed by atoms with Gasteiger partial charge in [0.1, 0.15) is 12.1 Å². The number of aldehydes is 1. The Bertz CT molecular complexity index is 90.4. The predicted molar refractivity (Wildman–Crippen MR) is 33.1 cm³/mol. The molecule has 0 aromatic rings. The number of hydrogen-bond donors (Lipinski definition) is 0. The minimum atomic E-state index is -0.417. The predicted octanol–water partition coefficient (Wildman–Crippen LogP) is -0.238. The summed E-state index contributed by atoms with van der Waals surface area (Å²) >= 11 is 0. The van der Waals surface area contributed by atoms with Crippen molar-refractivity contribution >= 4 is 41.6 Å². The standard InChI is InChI=1S/C5H8O2.Na.H/c1-4(3-6)5(2)7;;/h3-4H,1-2H3;;. The topological polar surface area (TPSA) is 34.1 Å². The molecule has 0 aliphatic rings. The molecule has 0 saturated carbocycles. The molecule has 0 aliphatic carbocycles. The van der Waals surface area contributed by atoms with E-state index in [1.807, 2.05) is 0 Å². The van der Waals surface area contributed by atoms with E-state index in [-0.39, 0.29) is 35.3 Å². The van der Waals surface area contributed by atoms with Gasteiger partial charge in [-0.05, 0) is 13.8 Å². The van der Waals surface area contributed by atoms with Crippen molar-refractivity contribution in [2.75, 3.05) is 0 Å². The van der Waals surface area contributed by atoms with E-state index in [4.69, 9.17) is 0 Å². The van der Waals surface area contributed by atoms with Crippen molar-refractivity contribution in [2.24, 2.45) is 5.92 Å². The Hall–Kier alpha value is 0.340. The average molecular weight is 124 g/mol. The molecule has 0 saturated heterocycles. The van der Waals surface area contributed by atoms with Crippen LogP contribution in [0, 0.1) is 5.92 Å². The first-order valence-electron chi connectivity index (χ1n) is 2.14. The van der Waals surface area contributed by atoms with Crippen LogP contribution in [0.15, 0.2) is 0 Å². The van der Waals surface area contributed by atoms with Gasteiger partial charge in [0, 0.05) is 0 Å². The Morgan fingerprint density at radius 2 is 2.00 bits per heavy atom. The summed E-state index contributed by atoms with van der Waals surface area (Å²) in [6.07, 6.45) is 0.641. The summed E-state index contributed by atoms with van der Waals surface area (Å²) in [5, 5.41) is 0. The van der Waals surface area contributed by atoms with Gasteiger partial charge in [-0.3, -0.25) is 4.79 Å². The van der Waals surface area contributed by atoms with E-state index in [1.165, 1.54) is 6.92 Å². The fourth-order valence-electron chi connectivity index (χ4n) is 0.0958. The van der Waals surface area contributed by atoms with Crippen molar-refractivity contribution in [3.63, 3.8) is 0 Å². The summed E-state index contributed by atoms with van der Waals surface area (Å²) in [5.74, 6) is -0.491. The van der Waals surface area contributed by atoms with E-state index in [9.17, 15) is 9.59 Å². The van der Waals surface area contributed by atoms with Crippen LogP contribution in [-0.2, 0) is 9.59 Å². The quantitative estimate of drug-likeness (QED) is 0.289. The molecule has 0 aromatic carbocycles. The van der Waals surface area contributed by atoms with Crippen LogP contribution in [-0.4, -0.2) is 41.6 Å².